The molecule has 0 saturated heterocycles. The molecule has 0 radical (unpaired) electrons. The number of oxazole rings is 1. The molecular formula is C31H29F2N5O. The first-order valence-corrected chi connectivity index (χ1v) is 13.6. The summed E-state index contributed by atoms with van der Waals surface area (Å²) in [6, 6.07) is 14.3. The van der Waals surface area contributed by atoms with E-state index < -0.39 is 5.82 Å². The van der Waals surface area contributed by atoms with E-state index in [-0.39, 0.29) is 11.4 Å². The molecule has 6 nitrogen and oxygen atoms in total. The molecule has 198 valence electrons. The third kappa shape index (κ3) is 4.74. The van der Waals surface area contributed by atoms with Gasteiger partial charge in [0.1, 0.15) is 17.7 Å². The second-order valence-electron chi connectivity index (χ2n) is 10.9. The first kappa shape index (κ1) is 24.2. The van der Waals surface area contributed by atoms with Crippen LogP contribution in [0.15, 0.2) is 59.3 Å². The molecule has 7 rings (SSSR count). The van der Waals surface area contributed by atoms with E-state index in [1.165, 1.54) is 43.0 Å². The van der Waals surface area contributed by atoms with Crippen LogP contribution in [0.3, 0.4) is 0 Å². The van der Waals surface area contributed by atoms with Crippen LogP contribution in [0.25, 0.3) is 45.1 Å². The van der Waals surface area contributed by atoms with Gasteiger partial charge in [0.2, 0.25) is 5.89 Å². The van der Waals surface area contributed by atoms with Crippen LogP contribution in [0.1, 0.15) is 49.1 Å². The number of hydrogen-bond acceptors (Lipinski definition) is 5. The zero-order valence-corrected chi connectivity index (χ0v) is 21.8. The molecule has 2 aromatic heterocycles. The van der Waals surface area contributed by atoms with Gasteiger partial charge in [-0.05, 0) is 103 Å². The molecule has 39 heavy (non-hydrogen) atoms. The van der Waals surface area contributed by atoms with Crippen LogP contribution < -0.4 is 5.32 Å². The second-order valence-corrected chi connectivity index (χ2v) is 10.9. The highest BCUT2D eigenvalue weighted by Gasteiger charge is 2.26. The van der Waals surface area contributed by atoms with Gasteiger partial charge in [-0.25, -0.2) is 13.8 Å². The van der Waals surface area contributed by atoms with E-state index in [0.29, 0.717) is 35.3 Å². The van der Waals surface area contributed by atoms with E-state index in [2.05, 4.69) is 27.6 Å². The van der Waals surface area contributed by atoms with E-state index in [9.17, 15) is 4.39 Å². The summed E-state index contributed by atoms with van der Waals surface area (Å²) in [6.45, 7) is 1.56. The van der Waals surface area contributed by atoms with Crippen molar-refractivity contribution in [2.24, 2.45) is 13.0 Å². The maximum atomic E-state index is 15.1. The molecule has 2 saturated carbocycles. The number of rotatable bonds is 8. The van der Waals surface area contributed by atoms with E-state index in [1.807, 2.05) is 19.2 Å². The average Bonchev–Trinajstić information content (AvgIpc) is 3.52. The summed E-state index contributed by atoms with van der Waals surface area (Å²) in [6.07, 6.45) is 7.67. The molecule has 3 aromatic carbocycles. The van der Waals surface area contributed by atoms with Crippen molar-refractivity contribution in [1.82, 2.24) is 25.1 Å². The molecule has 0 aliphatic heterocycles. The van der Waals surface area contributed by atoms with Crippen LogP contribution >= 0.6 is 0 Å². The van der Waals surface area contributed by atoms with E-state index in [4.69, 9.17) is 9.40 Å². The highest BCUT2D eigenvalue weighted by molar-refractivity contribution is 5.84. The largest absolute Gasteiger partial charge is 0.433 e. The molecule has 0 bridgehead atoms. The van der Waals surface area contributed by atoms with Crippen molar-refractivity contribution in [3.8, 4) is 34.0 Å². The zero-order chi connectivity index (χ0) is 26.5. The highest BCUT2D eigenvalue weighted by Crippen LogP contribution is 2.44. The lowest BCUT2D eigenvalue weighted by molar-refractivity contribution is 0.301. The normalized spacial score (nSPS) is 15.7. The van der Waals surface area contributed by atoms with Crippen LogP contribution in [0.2, 0.25) is 0 Å². The number of aromatic nitrogens is 4. The first-order chi connectivity index (χ1) is 19.0. The van der Waals surface area contributed by atoms with Crippen molar-refractivity contribution in [2.45, 2.75) is 44.6 Å². The Morgan fingerprint density at radius 2 is 1.82 bits per heavy atom. The lowest BCUT2D eigenvalue weighted by Gasteiger charge is -2.25. The van der Waals surface area contributed by atoms with Crippen molar-refractivity contribution in [1.29, 1.82) is 0 Å². The van der Waals surface area contributed by atoms with Gasteiger partial charge < -0.3 is 14.3 Å². The van der Waals surface area contributed by atoms with Crippen LogP contribution in [0, 0.1) is 17.6 Å². The maximum absolute atomic E-state index is 15.1. The smallest absolute Gasteiger partial charge is 0.227 e. The van der Waals surface area contributed by atoms with E-state index in [0.717, 1.165) is 47.6 Å². The van der Waals surface area contributed by atoms with Crippen molar-refractivity contribution < 1.29 is 13.2 Å². The van der Waals surface area contributed by atoms with Gasteiger partial charge in [-0.15, -0.1) is 10.2 Å². The zero-order valence-electron chi connectivity index (χ0n) is 21.8. The third-order valence-corrected chi connectivity index (χ3v) is 7.99. The number of aryl methyl sites for hydroxylation is 1. The Kier molecular flexibility index (Phi) is 6.00. The summed E-state index contributed by atoms with van der Waals surface area (Å²) in [5.41, 5.74) is 5.83. The van der Waals surface area contributed by atoms with Gasteiger partial charge in [-0.3, -0.25) is 0 Å². The molecule has 0 atom stereocenters. The Bertz CT molecular complexity index is 1680. The topological polar surface area (TPSA) is 68.8 Å². The number of hydrogen-bond donors (Lipinski definition) is 1. The minimum Gasteiger partial charge on any atom is -0.433 e. The van der Waals surface area contributed by atoms with Gasteiger partial charge in [0.25, 0.3) is 0 Å². The second kappa shape index (κ2) is 9.68. The summed E-state index contributed by atoms with van der Waals surface area (Å²) in [7, 11) is 1.83. The van der Waals surface area contributed by atoms with Gasteiger partial charge >= 0.3 is 0 Å². The highest BCUT2D eigenvalue weighted by atomic mass is 19.1. The van der Waals surface area contributed by atoms with Gasteiger partial charge in [-0.1, -0.05) is 18.6 Å². The standard InChI is InChI=1S/C31H29F2N5O/c1-38-17-35-37-30(38)26-14-24(32)7-8-25(26)22-11-21(20-5-6-20)12-23(13-22)31-36-28-10-19(9-27(33)29(28)39-31)16-34-15-18-3-2-4-18/h7-14,17-18,20,34H,2-6,15-16H2,1H3. The molecule has 2 heterocycles. The fourth-order valence-electron chi connectivity index (χ4n) is 5.45. The summed E-state index contributed by atoms with van der Waals surface area (Å²) in [4.78, 5) is 4.71. The first-order valence-electron chi connectivity index (χ1n) is 13.6. The van der Waals surface area contributed by atoms with E-state index >= 15 is 4.39 Å². The lowest BCUT2D eigenvalue weighted by Crippen LogP contribution is -2.26. The van der Waals surface area contributed by atoms with Crippen LogP contribution in [-0.4, -0.2) is 26.3 Å². The van der Waals surface area contributed by atoms with E-state index in [1.54, 1.807) is 17.0 Å². The molecule has 2 aliphatic rings. The summed E-state index contributed by atoms with van der Waals surface area (Å²) in [5.74, 6) is 1.38. The predicted molar refractivity (Wildman–Crippen MR) is 146 cm³/mol. The van der Waals surface area contributed by atoms with Crippen molar-refractivity contribution in [2.75, 3.05) is 6.54 Å². The van der Waals surface area contributed by atoms with Gasteiger partial charge in [0, 0.05) is 24.7 Å². The Labute approximate surface area is 225 Å². The number of benzene rings is 3. The summed E-state index contributed by atoms with van der Waals surface area (Å²) >= 11 is 0. The lowest BCUT2D eigenvalue weighted by atomic mass is 9.85. The average molecular weight is 526 g/mol. The number of fused-ring (bicyclic) bond motifs is 1. The molecule has 2 fully saturated rings. The quantitative estimate of drug-likeness (QED) is 0.236. The van der Waals surface area contributed by atoms with Gasteiger partial charge in [0.15, 0.2) is 17.2 Å². The predicted octanol–water partition coefficient (Wildman–Crippen LogP) is 7.00. The van der Waals surface area contributed by atoms with Crippen molar-refractivity contribution in [3.63, 3.8) is 0 Å². The van der Waals surface area contributed by atoms with Gasteiger partial charge in [-0.2, -0.15) is 0 Å². The third-order valence-electron chi connectivity index (χ3n) is 7.99. The molecule has 8 heteroatoms. The Morgan fingerprint density at radius 1 is 0.974 bits per heavy atom. The Balaban J connectivity index is 1.28. The van der Waals surface area contributed by atoms with Crippen LogP contribution in [0.4, 0.5) is 8.78 Å². The van der Waals surface area contributed by atoms with Crippen molar-refractivity contribution >= 4 is 11.1 Å². The van der Waals surface area contributed by atoms with Gasteiger partial charge in [0.05, 0.1) is 0 Å². The summed E-state index contributed by atoms with van der Waals surface area (Å²) in [5, 5.41) is 11.6. The molecule has 5 aromatic rings. The number of nitrogens with zero attached hydrogens (tertiary/aromatic N) is 4. The molecule has 2 aliphatic carbocycles. The number of halogens is 2. The van der Waals surface area contributed by atoms with Crippen molar-refractivity contribution in [3.05, 3.63) is 77.6 Å². The molecular weight excluding hydrogens is 496 g/mol. The minimum atomic E-state index is -0.409. The van der Waals surface area contributed by atoms with Crippen LogP contribution in [0.5, 0.6) is 0 Å². The monoisotopic (exact) mass is 525 g/mol. The van der Waals surface area contributed by atoms with Crippen LogP contribution in [-0.2, 0) is 13.6 Å². The molecule has 0 spiro atoms. The number of nitrogens with one attached hydrogen (secondary N) is 1. The fraction of sp³-hybridized carbons (Fsp3) is 0.323. The molecule has 0 amide bonds. The maximum Gasteiger partial charge on any atom is 0.227 e. The molecule has 1 N–H and O–H groups in total. The molecule has 0 unspecified atom stereocenters. The fourth-order valence-corrected chi connectivity index (χ4v) is 5.45. The summed E-state index contributed by atoms with van der Waals surface area (Å²) < 4.78 is 37.2. The Morgan fingerprint density at radius 3 is 2.56 bits per heavy atom. The SMILES string of the molecule is Cn1cnnc1-c1cc(F)ccc1-c1cc(-c2nc3cc(CNCC4CCC4)cc(F)c3o2)cc(C2CC2)c1. The minimum absolute atomic E-state index is 0.160. The Hall–Kier alpha value is -3.91.